The van der Waals surface area contributed by atoms with Crippen LogP contribution in [0.3, 0.4) is 0 Å². The Morgan fingerprint density at radius 2 is 2.06 bits per heavy atom. The number of aliphatic hydroxyl groups excluding tert-OH is 1. The smallest absolute Gasteiger partial charge is 0.0546 e. The molecule has 1 fully saturated rings. The van der Waals surface area contributed by atoms with Gasteiger partial charge in [0.1, 0.15) is 0 Å². The van der Waals surface area contributed by atoms with Crippen LogP contribution in [0.15, 0.2) is 24.3 Å². The number of rotatable bonds is 4. The van der Waals surface area contributed by atoms with Gasteiger partial charge in [-0.1, -0.05) is 24.3 Å². The van der Waals surface area contributed by atoms with E-state index in [0.717, 1.165) is 19.4 Å². The maximum Gasteiger partial charge on any atom is 0.0546 e. The second-order valence-corrected chi connectivity index (χ2v) is 4.98. The molecule has 0 spiro atoms. The van der Waals surface area contributed by atoms with Crippen molar-refractivity contribution in [2.24, 2.45) is 5.92 Å². The van der Waals surface area contributed by atoms with Crippen molar-refractivity contribution in [2.45, 2.75) is 38.8 Å². The summed E-state index contributed by atoms with van der Waals surface area (Å²) in [5, 5.41) is 12.8. The first-order valence-electron chi connectivity index (χ1n) is 6.14. The summed E-state index contributed by atoms with van der Waals surface area (Å²) in [6.45, 7) is 5.38. The van der Waals surface area contributed by atoms with Crippen LogP contribution in [0, 0.1) is 12.8 Å². The number of hydrogen-bond acceptors (Lipinski definition) is 2. The lowest BCUT2D eigenvalue weighted by molar-refractivity contribution is 0.0420. The van der Waals surface area contributed by atoms with Crippen molar-refractivity contribution < 1.29 is 5.11 Å². The van der Waals surface area contributed by atoms with Gasteiger partial charge in [-0.15, -0.1) is 0 Å². The number of nitrogens with one attached hydrogen (secondary N) is 1. The zero-order chi connectivity index (χ0) is 11.5. The molecule has 0 aliphatic heterocycles. The highest BCUT2D eigenvalue weighted by atomic mass is 16.3. The van der Waals surface area contributed by atoms with Crippen molar-refractivity contribution in [3.8, 4) is 0 Å². The highest BCUT2D eigenvalue weighted by molar-refractivity contribution is 5.28. The molecule has 0 bridgehead atoms. The van der Waals surface area contributed by atoms with Gasteiger partial charge in [-0.2, -0.15) is 0 Å². The van der Waals surface area contributed by atoms with E-state index in [2.05, 4.69) is 43.4 Å². The minimum absolute atomic E-state index is 0.0411. The van der Waals surface area contributed by atoms with Gasteiger partial charge in [0, 0.05) is 6.04 Å². The van der Waals surface area contributed by atoms with E-state index >= 15 is 0 Å². The maximum atomic E-state index is 9.22. The lowest BCUT2D eigenvalue weighted by Gasteiger charge is -2.32. The third-order valence-electron chi connectivity index (χ3n) is 3.58. The van der Waals surface area contributed by atoms with Gasteiger partial charge in [-0.25, -0.2) is 0 Å². The highest BCUT2D eigenvalue weighted by Gasteiger charge is 2.27. The topological polar surface area (TPSA) is 32.3 Å². The SMILES string of the molecule is Cc1ccccc1C(C)NCC1CC(O)C1. The Kier molecular flexibility index (Phi) is 3.62. The first-order chi connectivity index (χ1) is 7.66. The summed E-state index contributed by atoms with van der Waals surface area (Å²) in [6, 6.07) is 8.91. The van der Waals surface area contributed by atoms with E-state index in [9.17, 15) is 5.11 Å². The largest absolute Gasteiger partial charge is 0.393 e. The molecule has 2 N–H and O–H groups in total. The first kappa shape index (κ1) is 11.6. The van der Waals surface area contributed by atoms with Crippen LogP contribution in [0.1, 0.15) is 36.9 Å². The van der Waals surface area contributed by atoms with Crippen LogP contribution < -0.4 is 5.32 Å². The second-order valence-electron chi connectivity index (χ2n) is 4.98. The fourth-order valence-electron chi connectivity index (χ4n) is 2.39. The summed E-state index contributed by atoms with van der Waals surface area (Å²) in [4.78, 5) is 0. The van der Waals surface area contributed by atoms with E-state index < -0.39 is 0 Å². The third-order valence-corrected chi connectivity index (χ3v) is 3.58. The molecule has 2 heteroatoms. The molecule has 0 aromatic heterocycles. The lowest BCUT2D eigenvalue weighted by atomic mass is 9.82. The molecule has 1 atom stereocenters. The molecular weight excluding hydrogens is 198 g/mol. The molecule has 88 valence electrons. The van der Waals surface area contributed by atoms with Gasteiger partial charge < -0.3 is 10.4 Å². The molecule has 1 aliphatic carbocycles. The summed E-state index contributed by atoms with van der Waals surface area (Å²) in [7, 11) is 0. The Bertz CT molecular complexity index is 344. The van der Waals surface area contributed by atoms with Crippen molar-refractivity contribution >= 4 is 0 Å². The molecule has 0 radical (unpaired) electrons. The van der Waals surface area contributed by atoms with Crippen LogP contribution in [-0.2, 0) is 0 Å². The Labute approximate surface area is 97.7 Å². The number of aliphatic hydroxyl groups is 1. The van der Waals surface area contributed by atoms with Gasteiger partial charge >= 0.3 is 0 Å². The second kappa shape index (κ2) is 4.98. The van der Waals surface area contributed by atoms with E-state index in [-0.39, 0.29) is 6.10 Å². The first-order valence-corrected chi connectivity index (χ1v) is 6.14. The van der Waals surface area contributed by atoms with Crippen molar-refractivity contribution in [3.05, 3.63) is 35.4 Å². The highest BCUT2D eigenvalue weighted by Crippen LogP contribution is 2.27. The maximum absolute atomic E-state index is 9.22. The minimum atomic E-state index is -0.0411. The van der Waals surface area contributed by atoms with E-state index in [1.807, 2.05) is 0 Å². The van der Waals surface area contributed by atoms with Crippen LogP contribution in [0.4, 0.5) is 0 Å². The molecule has 1 aromatic rings. The molecule has 0 amide bonds. The summed E-state index contributed by atoms with van der Waals surface area (Å²) >= 11 is 0. The number of aryl methyl sites for hydroxylation is 1. The van der Waals surface area contributed by atoms with Crippen molar-refractivity contribution in [2.75, 3.05) is 6.54 Å². The van der Waals surface area contributed by atoms with Gasteiger partial charge in [-0.3, -0.25) is 0 Å². The molecular formula is C14H21NO. The lowest BCUT2D eigenvalue weighted by Crippen LogP contribution is -2.37. The Balaban J connectivity index is 1.84. The molecule has 0 saturated heterocycles. The fraction of sp³-hybridized carbons (Fsp3) is 0.571. The average molecular weight is 219 g/mol. The molecule has 1 saturated carbocycles. The number of hydrogen-bond donors (Lipinski definition) is 2. The molecule has 16 heavy (non-hydrogen) atoms. The fourth-order valence-corrected chi connectivity index (χ4v) is 2.39. The van der Waals surface area contributed by atoms with Crippen LogP contribution in [-0.4, -0.2) is 17.8 Å². The monoisotopic (exact) mass is 219 g/mol. The minimum Gasteiger partial charge on any atom is -0.393 e. The summed E-state index contributed by atoms with van der Waals surface area (Å²) in [5.41, 5.74) is 2.72. The van der Waals surface area contributed by atoms with Gasteiger partial charge in [-0.05, 0) is 50.3 Å². The van der Waals surface area contributed by atoms with E-state index in [4.69, 9.17) is 0 Å². The number of benzene rings is 1. The van der Waals surface area contributed by atoms with Crippen LogP contribution in [0.2, 0.25) is 0 Å². The molecule has 2 nitrogen and oxygen atoms in total. The van der Waals surface area contributed by atoms with Gasteiger partial charge in [0.2, 0.25) is 0 Å². The normalized spacial score (nSPS) is 26.2. The van der Waals surface area contributed by atoms with Crippen molar-refractivity contribution in [1.29, 1.82) is 0 Å². The summed E-state index contributed by atoms with van der Waals surface area (Å²) in [6.07, 6.45) is 1.89. The van der Waals surface area contributed by atoms with E-state index in [1.165, 1.54) is 11.1 Å². The standard InChI is InChI=1S/C14H21NO/c1-10-5-3-4-6-14(10)11(2)15-9-12-7-13(16)8-12/h3-6,11-13,15-16H,7-9H2,1-2H3. The molecule has 2 rings (SSSR count). The average Bonchev–Trinajstić information content (AvgIpc) is 2.23. The Morgan fingerprint density at radius 1 is 1.38 bits per heavy atom. The van der Waals surface area contributed by atoms with Crippen LogP contribution >= 0.6 is 0 Å². The van der Waals surface area contributed by atoms with Crippen LogP contribution in [0.5, 0.6) is 0 Å². The summed E-state index contributed by atoms with van der Waals surface area (Å²) < 4.78 is 0. The molecule has 1 aromatic carbocycles. The van der Waals surface area contributed by atoms with Gasteiger partial charge in [0.05, 0.1) is 6.10 Å². The van der Waals surface area contributed by atoms with E-state index in [0.29, 0.717) is 12.0 Å². The van der Waals surface area contributed by atoms with Crippen molar-refractivity contribution in [1.82, 2.24) is 5.32 Å². The van der Waals surface area contributed by atoms with E-state index in [1.54, 1.807) is 0 Å². The van der Waals surface area contributed by atoms with Crippen molar-refractivity contribution in [3.63, 3.8) is 0 Å². The predicted octanol–water partition coefficient (Wildman–Crippen LogP) is 2.42. The zero-order valence-electron chi connectivity index (χ0n) is 10.1. The third kappa shape index (κ3) is 2.63. The Hall–Kier alpha value is -0.860. The van der Waals surface area contributed by atoms with Crippen LogP contribution in [0.25, 0.3) is 0 Å². The van der Waals surface area contributed by atoms with Gasteiger partial charge in [0.15, 0.2) is 0 Å². The zero-order valence-corrected chi connectivity index (χ0v) is 10.1. The predicted molar refractivity (Wildman–Crippen MR) is 66.3 cm³/mol. The molecule has 1 unspecified atom stereocenters. The van der Waals surface area contributed by atoms with Gasteiger partial charge in [0.25, 0.3) is 0 Å². The molecule has 0 heterocycles. The molecule has 1 aliphatic rings. The quantitative estimate of drug-likeness (QED) is 0.815. The summed E-state index contributed by atoms with van der Waals surface area (Å²) in [5.74, 6) is 0.668. The Morgan fingerprint density at radius 3 is 2.69 bits per heavy atom.